The van der Waals surface area contributed by atoms with Gasteiger partial charge in [-0.25, -0.2) is 0 Å². The molecule has 1 saturated carbocycles. The minimum atomic E-state index is 0.209. The standard InChI is InChI=1S/C13H26S/c1-7-12(5,14)9-13(6)10(2)8-11(13,3)4/h10,14H,7-9H2,1-6H3. The fourth-order valence-corrected chi connectivity index (χ4v) is 3.42. The van der Waals surface area contributed by atoms with Gasteiger partial charge in [0.05, 0.1) is 0 Å². The highest BCUT2D eigenvalue weighted by Crippen LogP contribution is 2.63. The van der Waals surface area contributed by atoms with Crippen LogP contribution in [0.4, 0.5) is 0 Å². The summed E-state index contributed by atoms with van der Waals surface area (Å²) in [6, 6.07) is 0. The fourth-order valence-electron chi connectivity index (χ4n) is 3.09. The van der Waals surface area contributed by atoms with Crippen LogP contribution in [-0.2, 0) is 0 Å². The van der Waals surface area contributed by atoms with E-state index < -0.39 is 0 Å². The molecule has 0 nitrogen and oxygen atoms in total. The van der Waals surface area contributed by atoms with Crippen molar-refractivity contribution in [2.24, 2.45) is 16.7 Å². The van der Waals surface area contributed by atoms with E-state index in [1.165, 1.54) is 12.8 Å². The van der Waals surface area contributed by atoms with Crippen LogP contribution < -0.4 is 0 Å². The largest absolute Gasteiger partial charge is 0.173 e. The molecule has 0 amide bonds. The van der Waals surface area contributed by atoms with Gasteiger partial charge >= 0.3 is 0 Å². The number of hydrogen-bond donors (Lipinski definition) is 1. The van der Waals surface area contributed by atoms with Crippen molar-refractivity contribution in [3.63, 3.8) is 0 Å². The molecule has 1 heteroatoms. The van der Waals surface area contributed by atoms with E-state index in [4.69, 9.17) is 12.6 Å². The zero-order valence-electron chi connectivity index (χ0n) is 10.6. The summed E-state index contributed by atoms with van der Waals surface area (Å²) in [4.78, 5) is 0. The van der Waals surface area contributed by atoms with E-state index >= 15 is 0 Å². The molecule has 3 atom stereocenters. The summed E-state index contributed by atoms with van der Waals surface area (Å²) in [5.74, 6) is 0.857. The summed E-state index contributed by atoms with van der Waals surface area (Å²) in [6.45, 7) is 14.2. The third kappa shape index (κ3) is 1.85. The van der Waals surface area contributed by atoms with Crippen molar-refractivity contribution >= 4 is 12.6 Å². The molecule has 0 aromatic heterocycles. The molecule has 1 fully saturated rings. The Bertz CT molecular complexity index is 217. The molecular formula is C13H26S. The van der Waals surface area contributed by atoms with Crippen LogP contribution in [0.3, 0.4) is 0 Å². The SMILES string of the molecule is CCC(C)(S)CC1(C)C(C)CC1(C)C. The molecule has 0 bridgehead atoms. The van der Waals surface area contributed by atoms with Crippen molar-refractivity contribution in [1.82, 2.24) is 0 Å². The number of thiol groups is 1. The molecule has 84 valence electrons. The maximum absolute atomic E-state index is 4.79. The monoisotopic (exact) mass is 214 g/mol. The maximum atomic E-state index is 4.79. The molecule has 0 heterocycles. The van der Waals surface area contributed by atoms with Crippen LogP contribution in [-0.4, -0.2) is 4.75 Å². The van der Waals surface area contributed by atoms with Crippen LogP contribution in [0.2, 0.25) is 0 Å². The van der Waals surface area contributed by atoms with Crippen molar-refractivity contribution < 1.29 is 0 Å². The summed E-state index contributed by atoms with van der Waals surface area (Å²) in [5, 5.41) is 0. The molecule has 1 rings (SSSR count). The van der Waals surface area contributed by atoms with E-state index in [-0.39, 0.29) is 4.75 Å². The van der Waals surface area contributed by atoms with Gasteiger partial charge < -0.3 is 0 Å². The number of hydrogen-bond acceptors (Lipinski definition) is 1. The minimum absolute atomic E-state index is 0.209. The summed E-state index contributed by atoms with van der Waals surface area (Å²) >= 11 is 4.79. The molecule has 0 saturated heterocycles. The van der Waals surface area contributed by atoms with Crippen LogP contribution in [0.15, 0.2) is 0 Å². The first kappa shape index (κ1) is 12.4. The summed E-state index contributed by atoms with van der Waals surface area (Å²) < 4.78 is 0.209. The van der Waals surface area contributed by atoms with Crippen LogP contribution in [0, 0.1) is 16.7 Å². The highest BCUT2D eigenvalue weighted by Gasteiger charge is 2.56. The van der Waals surface area contributed by atoms with E-state index in [1.807, 2.05) is 0 Å². The zero-order chi connectivity index (χ0) is 11.2. The molecule has 1 aliphatic carbocycles. The lowest BCUT2D eigenvalue weighted by Gasteiger charge is -2.62. The van der Waals surface area contributed by atoms with E-state index in [2.05, 4.69) is 41.5 Å². The Labute approximate surface area is 95.3 Å². The van der Waals surface area contributed by atoms with E-state index in [1.54, 1.807) is 0 Å². The van der Waals surface area contributed by atoms with Gasteiger partial charge in [-0.05, 0) is 36.0 Å². The van der Waals surface area contributed by atoms with Gasteiger partial charge in [0.25, 0.3) is 0 Å². The normalized spacial score (nSPS) is 40.1. The molecule has 3 unspecified atom stereocenters. The van der Waals surface area contributed by atoms with Gasteiger partial charge in [0.1, 0.15) is 0 Å². The Hall–Kier alpha value is 0.350. The Morgan fingerprint density at radius 1 is 1.36 bits per heavy atom. The quantitative estimate of drug-likeness (QED) is 0.655. The molecule has 0 radical (unpaired) electrons. The van der Waals surface area contributed by atoms with Gasteiger partial charge in [-0.1, -0.05) is 41.5 Å². The van der Waals surface area contributed by atoms with Gasteiger partial charge in [0.15, 0.2) is 0 Å². The molecule has 0 spiro atoms. The zero-order valence-corrected chi connectivity index (χ0v) is 11.5. The fraction of sp³-hybridized carbons (Fsp3) is 1.00. The van der Waals surface area contributed by atoms with E-state index in [0.717, 1.165) is 12.3 Å². The van der Waals surface area contributed by atoms with E-state index in [9.17, 15) is 0 Å². The smallest absolute Gasteiger partial charge is 0.0104 e. The Kier molecular flexibility index (Phi) is 3.05. The summed E-state index contributed by atoms with van der Waals surface area (Å²) in [7, 11) is 0. The van der Waals surface area contributed by atoms with Crippen molar-refractivity contribution in [2.75, 3.05) is 0 Å². The molecule has 0 aromatic carbocycles. The second-order valence-corrected chi connectivity index (χ2v) is 7.51. The van der Waals surface area contributed by atoms with Gasteiger partial charge in [-0.3, -0.25) is 0 Å². The minimum Gasteiger partial charge on any atom is -0.173 e. The van der Waals surface area contributed by atoms with Crippen molar-refractivity contribution in [1.29, 1.82) is 0 Å². The van der Waals surface area contributed by atoms with Crippen LogP contribution >= 0.6 is 12.6 Å². The van der Waals surface area contributed by atoms with Crippen molar-refractivity contribution in [3.8, 4) is 0 Å². The second kappa shape index (κ2) is 3.43. The third-order valence-electron chi connectivity index (χ3n) is 4.96. The molecule has 14 heavy (non-hydrogen) atoms. The van der Waals surface area contributed by atoms with Crippen molar-refractivity contribution in [2.45, 2.75) is 65.6 Å². The first-order chi connectivity index (χ1) is 6.15. The molecular weight excluding hydrogens is 188 g/mol. The highest BCUT2D eigenvalue weighted by molar-refractivity contribution is 7.81. The lowest BCUT2D eigenvalue weighted by Crippen LogP contribution is -2.54. The molecule has 0 aliphatic heterocycles. The van der Waals surface area contributed by atoms with Gasteiger partial charge in [-0.15, -0.1) is 0 Å². The topological polar surface area (TPSA) is 0 Å². The van der Waals surface area contributed by atoms with Crippen LogP contribution in [0.1, 0.15) is 60.8 Å². The van der Waals surface area contributed by atoms with E-state index in [0.29, 0.717) is 10.8 Å². The molecule has 1 aliphatic rings. The van der Waals surface area contributed by atoms with Crippen LogP contribution in [0.5, 0.6) is 0 Å². The highest BCUT2D eigenvalue weighted by atomic mass is 32.1. The Morgan fingerprint density at radius 2 is 1.86 bits per heavy atom. The van der Waals surface area contributed by atoms with Crippen LogP contribution in [0.25, 0.3) is 0 Å². The first-order valence-corrected chi connectivity index (χ1v) is 6.32. The third-order valence-corrected chi connectivity index (χ3v) is 5.43. The average molecular weight is 214 g/mol. The van der Waals surface area contributed by atoms with Gasteiger partial charge in [-0.2, -0.15) is 12.6 Å². The first-order valence-electron chi connectivity index (χ1n) is 5.87. The van der Waals surface area contributed by atoms with Crippen molar-refractivity contribution in [3.05, 3.63) is 0 Å². The Morgan fingerprint density at radius 3 is 2.14 bits per heavy atom. The average Bonchev–Trinajstić information content (AvgIpc) is 2.03. The summed E-state index contributed by atoms with van der Waals surface area (Å²) in [5.41, 5.74) is 0.991. The second-order valence-electron chi connectivity index (χ2n) is 6.43. The lowest BCUT2D eigenvalue weighted by molar-refractivity contribution is -0.111. The molecule has 0 aromatic rings. The number of rotatable bonds is 3. The van der Waals surface area contributed by atoms with Gasteiger partial charge in [0, 0.05) is 4.75 Å². The Balaban J connectivity index is 2.76. The predicted octanol–water partition coefficient (Wildman–Crippen LogP) is 4.55. The van der Waals surface area contributed by atoms with Gasteiger partial charge in [0.2, 0.25) is 0 Å². The lowest BCUT2D eigenvalue weighted by atomic mass is 9.44. The molecule has 0 N–H and O–H groups in total. The summed E-state index contributed by atoms with van der Waals surface area (Å²) in [6.07, 6.45) is 3.78. The predicted molar refractivity (Wildman–Crippen MR) is 68.0 cm³/mol. The maximum Gasteiger partial charge on any atom is 0.0104 e.